The first kappa shape index (κ1) is 19.9. The quantitative estimate of drug-likeness (QED) is 0.774. The molecule has 3 nitrogen and oxygen atoms in total. The molecule has 3 rings (SSSR count). The predicted molar refractivity (Wildman–Crippen MR) is 98.5 cm³/mol. The molecular weight excluding hydrogens is 270 g/mol. The van der Waals surface area contributed by atoms with Gasteiger partial charge in [-0.15, -0.1) is 0 Å². The average molecular weight is 312 g/mol. The molecule has 0 aromatic rings. The van der Waals surface area contributed by atoms with E-state index in [-0.39, 0.29) is 0 Å². The minimum atomic E-state index is 0.902. The molecular formula is C19H41N3. The number of fused-ring (bicyclic) bond motifs is 1. The molecule has 0 saturated carbocycles. The van der Waals surface area contributed by atoms with E-state index in [1.54, 1.807) is 0 Å². The second-order valence-electron chi connectivity index (χ2n) is 6.89. The summed E-state index contributed by atoms with van der Waals surface area (Å²) in [5.74, 6) is 1.94. The van der Waals surface area contributed by atoms with E-state index in [9.17, 15) is 0 Å². The Morgan fingerprint density at radius 2 is 1.41 bits per heavy atom. The topological polar surface area (TPSA) is 9.72 Å². The highest BCUT2D eigenvalue weighted by atomic mass is 15.2. The third kappa shape index (κ3) is 5.50. The van der Waals surface area contributed by atoms with Gasteiger partial charge in [0.2, 0.25) is 0 Å². The summed E-state index contributed by atoms with van der Waals surface area (Å²) in [5, 5.41) is 0. The van der Waals surface area contributed by atoms with Crippen LogP contribution < -0.4 is 0 Å². The van der Waals surface area contributed by atoms with E-state index in [4.69, 9.17) is 0 Å². The van der Waals surface area contributed by atoms with Gasteiger partial charge in [0.25, 0.3) is 0 Å². The molecule has 0 aromatic heterocycles. The van der Waals surface area contributed by atoms with Gasteiger partial charge in [-0.3, -0.25) is 0 Å². The Hall–Kier alpha value is -0.120. The largest absolute Gasteiger partial charge is 0.306 e. The highest BCUT2D eigenvalue weighted by molar-refractivity contribution is 4.91. The Bertz CT molecular complexity index is 274. The number of rotatable bonds is 2. The molecule has 3 aliphatic heterocycles. The van der Waals surface area contributed by atoms with Gasteiger partial charge in [-0.1, -0.05) is 27.7 Å². The van der Waals surface area contributed by atoms with Crippen molar-refractivity contribution < 1.29 is 0 Å². The lowest BCUT2D eigenvalue weighted by molar-refractivity contribution is 0.0933. The second-order valence-corrected chi connectivity index (χ2v) is 6.89. The maximum Gasteiger partial charge on any atom is 0.0145 e. The van der Waals surface area contributed by atoms with Crippen molar-refractivity contribution in [3.8, 4) is 0 Å². The summed E-state index contributed by atoms with van der Waals surface area (Å²) < 4.78 is 0. The number of likely N-dealkylation sites (tertiary alicyclic amines) is 3. The van der Waals surface area contributed by atoms with Gasteiger partial charge in [-0.2, -0.15) is 0 Å². The van der Waals surface area contributed by atoms with Gasteiger partial charge in [0.15, 0.2) is 0 Å². The Kier molecular flexibility index (Phi) is 9.62. The van der Waals surface area contributed by atoms with Crippen molar-refractivity contribution in [2.24, 2.45) is 11.8 Å². The Labute approximate surface area is 140 Å². The van der Waals surface area contributed by atoms with Crippen molar-refractivity contribution in [1.29, 1.82) is 0 Å². The van der Waals surface area contributed by atoms with Crippen LogP contribution in [0.3, 0.4) is 0 Å². The van der Waals surface area contributed by atoms with Crippen LogP contribution in [0, 0.1) is 11.8 Å². The molecule has 2 atom stereocenters. The minimum Gasteiger partial charge on any atom is -0.306 e. The maximum absolute atomic E-state index is 2.77. The molecule has 0 N–H and O–H groups in total. The third-order valence-corrected chi connectivity index (χ3v) is 5.55. The molecule has 3 fully saturated rings. The van der Waals surface area contributed by atoms with Gasteiger partial charge >= 0.3 is 0 Å². The van der Waals surface area contributed by atoms with E-state index in [1.807, 2.05) is 27.7 Å². The monoisotopic (exact) mass is 311 g/mol. The SMILES string of the molecule is CC.CC.CN1CCC(CN2CCC3C(CCN3C)C2)CC1. The van der Waals surface area contributed by atoms with Crippen molar-refractivity contribution in [3.63, 3.8) is 0 Å². The van der Waals surface area contributed by atoms with Crippen LogP contribution in [0.4, 0.5) is 0 Å². The van der Waals surface area contributed by atoms with E-state index in [1.165, 1.54) is 65.0 Å². The van der Waals surface area contributed by atoms with Crippen LogP contribution in [0.15, 0.2) is 0 Å². The molecule has 3 aliphatic rings. The molecule has 0 amide bonds. The van der Waals surface area contributed by atoms with Crippen LogP contribution >= 0.6 is 0 Å². The van der Waals surface area contributed by atoms with E-state index in [2.05, 4.69) is 28.8 Å². The van der Waals surface area contributed by atoms with Gasteiger partial charge in [0.05, 0.1) is 0 Å². The summed E-state index contributed by atoms with van der Waals surface area (Å²) in [6, 6.07) is 0.902. The van der Waals surface area contributed by atoms with Gasteiger partial charge in [0, 0.05) is 19.1 Å². The van der Waals surface area contributed by atoms with Gasteiger partial charge < -0.3 is 14.7 Å². The van der Waals surface area contributed by atoms with Crippen molar-refractivity contribution in [2.75, 3.05) is 53.4 Å². The maximum atomic E-state index is 2.77. The highest BCUT2D eigenvalue weighted by Crippen LogP contribution is 2.31. The normalized spacial score (nSPS) is 30.8. The van der Waals surface area contributed by atoms with Crippen LogP contribution in [-0.4, -0.2) is 74.1 Å². The van der Waals surface area contributed by atoms with E-state index in [0.717, 1.165) is 17.9 Å². The molecule has 2 unspecified atom stereocenters. The van der Waals surface area contributed by atoms with E-state index < -0.39 is 0 Å². The van der Waals surface area contributed by atoms with Crippen LogP contribution in [0.5, 0.6) is 0 Å². The standard InChI is InChI=1S/C15H29N3.2C2H6/c1-16-7-3-13(4-8-16)11-18-10-6-15-14(12-18)5-9-17(15)2;2*1-2/h13-15H,3-12H2,1-2H3;2*1-2H3. The highest BCUT2D eigenvalue weighted by Gasteiger charge is 2.36. The van der Waals surface area contributed by atoms with Gasteiger partial charge in [-0.25, -0.2) is 0 Å². The first-order valence-corrected chi connectivity index (χ1v) is 9.83. The number of nitrogens with zero attached hydrogens (tertiary/aromatic N) is 3. The molecule has 0 radical (unpaired) electrons. The molecule has 0 aromatic carbocycles. The Morgan fingerprint density at radius 3 is 2.05 bits per heavy atom. The smallest absolute Gasteiger partial charge is 0.0145 e. The lowest BCUT2D eigenvalue weighted by Crippen LogP contribution is -2.47. The van der Waals surface area contributed by atoms with Crippen molar-refractivity contribution in [3.05, 3.63) is 0 Å². The average Bonchev–Trinajstić information content (AvgIpc) is 2.94. The molecule has 3 saturated heterocycles. The summed E-state index contributed by atoms with van der Waals surface area (Å²) in [5.41, 5.74) is 0. The summed E-state index contributed by atoms with van der Waals surface area (Å²) in [4.78, 5) is 7.85. The van der Waals surface area contributed by atoms with Gasteiger partial charge in [0.1, 0.15) is 0 Å². The van der Waals surface area contributed by atoms with Crippen molar-refractivity contribution >= 4 is 0 Å². The van der Waals surface area contributed by atoms with Crippen LogP contribution in [0.2, 0.25) is 0 Å². The number of piperidine rings is 2. The fourth-order valence-electron chi connectivity index (χ4n) is 4.27. The lowest BCUT2D eigenvalue weighted by Gasteiger charge is -2.40. The van der Waals surface area contributed by atoms with Crippen molar-refractivity contribution in [2.45, 2.75) is 59.4 Å². The Morgan fingerprint density at radius 1 is 0.773 bits per heavy atom. The molecule has 3 heterocycles. The van der Waals surface area contributed by atoms with Crippen LogP contribution in [-0.2, 0) is 0 Å². The summed E-state index contributed by atoms with van der Waals surface area (Å²) in [6.45, 7) is 16.1. The zero-order valence-electron chi connectivity index (χ0n) is 16.1. The molecule has 132 valence electrons. The summed E-state index contributed by atoms with van der Waals surface area (Å²) in [6.07, 6.45) is 5.68. The number of hydrogen-bond acceptors (Lipinski definition) is 3. The first-order chi connectivity index (χ1) is 10.7. The van der Waals surface area contributed by atoms with E-state index in [0.29, 0.717) is 0 Å². The minimum absolute atomic E-state index is 0.902. The molecule has 0 aliphatic carbocycles. The predicted octanol–water partition coefficient (Wildman–Crippen LogP) is 3.41. The lowest BCUT2D eigenvalue weighted by atomic mass is 9.90. The molecule has 22 heavy (non-hydrogen) atoms. The summed E-state index contributed by atoms with van der Waals surface area (Å²) >= 11 is 0. The molecule has 0 bridgehead atoms. The Balaban J connectivity index is 0.000000561. The number of hydrogen-bond donors (Lipinski definition) is 0. The molecule has 0 spiro atoms. The zero-order valence-corrected chi connectivity index (χ0v) is 16.1. The van der Waals surface area contributed by atoms with Crippen LogP contribution in [0.25, 0.3) is 0 Å². The van der Waals surface area contributed by atoms with Gasteiger partial charge in [-0.05, 0) is 77.8 Å². The first-order valence-electron chi connectivity index (χ1n) is 9.83. The fraction of sp³-hybridized carbons (Fsp3) is 1.00. The zero-order chi connectivity index (χ0) is 16.5. The summed E-state index contributed by atoms with van der Waals surface area (Å²) in [7, 11) is 4.58. The van der Waals surface area contributed by atoms with Crippen molar-refractivity contribution in [1.82, 2.24) is 14.7 Å². The second kappa shape index (κ2) is 10.6. The van der Waals surface area contributed by atoms with Crippen LogP contribution in [0.1, 0.15) is 53.4 Å². The van der Waals surface area contributed by atoms with E-state index >= 15 is 0 Å². The fourth-order valence-corrected chi connectivity index (χ4v) is 4.27. The molecule has 3 heteroatoms. The third-order valence-electron chi connectivity index (χ3n) is 5.55.